The van der Waals surface area contributed by atoms with Gasteiger partial charge >= 0.3 is 5.97 Å². The molecule has 196 valence electrons. The zero-order valence-corrected chi connectivity index (χ0v) is 22.8. The lowest BCUT2D eigenvalue weighted by molar-refractivity contribution is -0.139. The highest BCUT2D eigenvalue weighted by atomic mass is 16.5. The number of unbranched alkanes of at least 4 members (excludes halogenated alkanes) is 1. The molecule has 3 aromatic rings. The van der Waals surface area contributed by atoms with Crippen LogP contribution in [0.5, 0.6) is 5.75 Å². The minimum absolute atomic E-state index is 0.0540. The van der Waals surface area contributed by atoms with Gasteiger partial charge in [0.1, 0.15) is 5.75 Å². The summed E-state index contributed by atoms with van der Waals surface area (Å²) in [6.45, 7) is 4.37. The second kappa shape index (κ2) is 14.2. The highest BCUT2D eigenvalue weighted by Crippen LogP contribution is 2.38. The van der Waals surface area contributed by atoms with E-state index in [1.165, 1.54) is 67.2 Å². The number of esters is 1. The van der Waals surface area contributed by atoms with Crippen LogP contribution in [0.3, 0.4) is 0 Å². The van der Waals surface area contributed by atoms with Gasteiger partial charge in [0.25, 0.3) is 0 Å². The molecule has 0 aliphatic heterocycles. The Kier molecular flexibility index (Phi) is 10.4. The van der Waals surface area contributed by atoms with Crippen LogP contribution in [0.2, 0.25) is 0 Å². The van der Waals surface area contributed by atoms with Gasteiger partial charge in [0.2, 0.25) is 0 Å². The summed E-state index contributed by atoms with van der Waals surface area (Å²) in [5.74, 6) is 2.12. The molecule has 0 N–H and O–H groups in total. The zero-order valence-electron chi connectivity index (χ0n) is 22.8. The van der Waals surface area contributed by atoms with Gasteiger partial charge in [-0.05, 0) is 97.6 Å². The van der Waals surface area contributed by atoms with Crippen molar-refractivity contribution in [2.75, 3.05) is 0 Å². The van der Waals surface area contributed by atoms with E-state index in [0.29, 0.717) is 11.7 Å². The molecule has 0 saturated heterocycles. The lowest BCUT2D eigenvalue weighted by Crippen LogP contribution is -2.20. The lowest BCUT2D eigenvalue weighted by atomic mass is 9.77. The van der Waals surface area contributed by atoms with Gasteiger partial charge in [-0.2, -0.15) is 0 Å². The number of benzene rings is 3. The number of hydrogen-bond acceptors (Lipinski definition) is 2. The minimum atomic E-state index is -0.0916. The molecule has 2 heteroatoms. The average molecular weight is 497 g/mol. The number of ether oxygens (including phenoxy) is 1. The van der Waals surface area contributed by atoms with Gasteiger partial charge < -0.3 is 4.74 Å². The van der Waals surface area contributed by atoms with Crippen molar-refractivity contribution >= 4 is 5.97 Å². The minimum Gasteiger partial charge on any atom is -0.426 e. The molecule has 1 atom stereocenters. The predicted octanol–water partition coefficient (Wildman–Crippen LogP) is 9.77. The number of rotatable bonds is 12. The van der Waals surface area contributed by atoms with Crippen LogP contribution < -0.4 is 4.74 Å². The molecular weight excluding hydrogens is 452 g/mol. The highest BCUT2D eigenvalue weighted by molar-refractivity contribution is 5.75. The van der Waals surface area contributed by atoms with E-state index in [0.717, 1.165) is 31.6 Å². The number of hydrogen-bond donors (Lipinski definition) is 0. The van der Waals surface area contributed by atoms with Crippen LogP contribution in [0.15, 0.2) is 78.9 Å². The molecule has 1 unspecified atom stereocenters. The molecule has 1 aliphatic carbocycles. The maximum atomic E-state index is 12.9. The van der Waals surface area contributed by atoms with Crippen molar-refractivity contribution in [3.8, 4) is 16.9 Å². The summed E-state index contributed by atoms with van der Waals surface area (Å²) in [5.41, 5.74) is 5.20. The first-order chi connectivity index (χ1) is 18.2. The SMILES string of the molecule is CCCC[C@H]1CC[C@H](c2ccc(OC(=O)C(CC)CCCc3ccc(-c4ccccc4)cc3)cc2)CC1. The first-order valence-electron chi connectivity index (χ1n) is 14.6. The average Bonchev–Trinajstić information content (AvgIpc) is 2.96. The Bertz CT molecular complexity index is 1060. The Labute approximate surface area is 224 Å². The molecular formula is C35H44O2. The van der Waals surface area contributed by atoms with Crippen molar-refractivity contribution in [3.05, 3.63) is 90.0 Å². The van der Waals surface area contributed by atoms with Gasteiger partial charge in [0.15, 0.2) is 0 Å². The Morgan fingerprint density at radius 1 is 0.811 bits per heavy atom. The molecule has 0 heterocycles. The van der Waals surface area contributed by atoms with Crippen LogP contribution in [0.25, 0.3) is 11.1 Å². The van der Waals surface area contributed by atoms with Gasteiger partial charge in [0.05, 0.1) is 5.92 Å². The molecule has 0 bridgehead atoms. The van der Waals surface area contributed by atoms with E-state index in [9.17, 15) is 4.79 Å². The topological polar surface area (TPSA) is 26.3 Å². The fourth-order valence-corrected chi connectivity index (χ4v) is 5.82. The summed E-state index contributed by atoms with van der Waals surface area (Å²) < 4.78 is 5.80. The monoisotopic (exact) mass is 496 g/mol. The number of aryl methyl sites for hydroxylation is 1. The molecule has 0 amide bonds. The molecule has 37 heavy (non-hydrogen) atoms. The van der Waals surface area contributed by atoms with Crippen LogP contribution in [0.1, 0.15) is 95.1 Å². The molecule has 3 aromatic carbocycles. The van der Waals surface area contributed by atoms with Gasteiger partial charge in [-0.15, -0.1) is 0 Å². The van der Waals surface area contributed by atoms with Crippen molar-refractivity contribution < 1.29 is 9.53 Å². The van der Waals surface area contributed by atoms with Crippen molar-refractivity contribution in [2.24, 2.45) is 11.8 Å². The fourth-order valence-electron chi connectivity index (χ4n) is 5.82. The van der Waals surface area contributed by atoms with E-state index in [-0.39, 0.29) is 11.9 Å². The fraction of sp³-hybridized carbons (Fsp3) is 0.457. The summed E-state index contributed by atoms with van der Waals surface area (Å²) in [4.78, 5) is 12.9. The van der Waals surface area contributed by atoms with Crippen molar-refractivity contribution in [3.63, 3.8) is 0 Å². The second-order valence-corrected chi connectivity index (χ2v) is 10.9. The van der Waals surface area contributed by atoms with E-state index < -0.39 is 0 Å². The van der Waals surface area contributed by atoms with Crippen molar-refractivity contribution in [2.45, 2.75) is 90.4 Å². The third-order valence-electron chi connectivity index (χ3n) is 8.29. The first-order valence-corrected chi connectivity index (χ1v) is 14.6. The molecule has 0 radical (unpaired) electrons. The molecule has 4 rings (SSSR count). The standard InChI is InChI=1S/C35H44O2/c1-3-5-10-27-15-21-32(22-16-27)33-23-25-34(26-24-33)37-35(36)29(4-2)14-9-11-28-17-19-31(20-18-28)30-12-7-6-8-13-30/h6-8,12-13,17-20,23-27,29,32H,3-5,9-11,14-16,21-22H2,1-2H3/t27-,29?,32-. The smallest absolute Gasteiger partial charge is 0.314 e. The first kappa shape index (κ1) is 27.2. The van der Waals surface area contributed by atoms with Gasteiger partial charge in [-0.1, -0.05) is 99.8 Å². The Hall–Kier alpha value is -2.87. The van der Waals surface area contributed by atoms with Crippen LogP contribution in [-0.2, 0) is 11.2 Å². The van der Waals surface area contributed by atoms with Crippen molar-refractivity contribution in [1.82, 2.24) is 0 Å². The predicted molar refractivity (Wildman–Crippen MR) is 155 cm³/mol. The van der Waals surface area contributed by atoms with E-state index in [4.69, 9.17) is 4.74 Å². The van der Waals surface area contributed by atoms with Crippen LogP contribution in [0, 0.1) is 11.8 Å². The summed E-state index contributed by atoms with van der Waals surface area (Å²) in [7, 11) is 0. The van der Waals surface area contributed by atoms with Gasteiger partial charge in [0, 0.05) is 0 Å². The lowest BCUT2D eigenvalue weighted by Gasteiger charge is -2.28. The maximum Gasteiger partial charge on any atom is 0.314 e. The van der Waals surface area contributed by atoms with Crippen LogP contribution in [-0.4, -0.2) is 5.97 Å². The Balaban J connectivity index is 1.21. The molecule has 0 spiro atoms. The summed E-state index contributed by atoms with van der Waals surface area (Å²) in [5, 5.41) is 0. The molecule has 1 aliphatic rings. The Morgan fingerprint density at radius 3 is 2.14 bits per heavy atom. The third-order valence-corrected chi connectivity index (χ3v) is 8.29. The van der Waals surface area contributed by atoms with E-state index >= 15 is 0 Å². The largest absolute Gasteiger partial charge is 0.426 e. The number of carbonyl (C=O) groups excluding carboxylic acids is 1. The summed E-state index contributed by atoms with van der Waals surface area (Å²) >= 11 is 0. The molecule has 0 aromatic heterocycles. The van der Waals surface area contributed by atoms with Crippen LogP contribution >= 0.6 is 0 Å². The third kappa shape index (κ3) is 8.06. The molecule has 1 saturated carbocycles. The molecule has 1 fully saturated rings. The van der Waals surface area contributed by atoms with E-state index in [1.807, 2.05) is 18.2 Å². The summed E-state index contributed by atoms with van der Waals surface area (Å²) in [6, 6.07) is 27.6. The highest BCUT2D eigenvalue weighted by Gasteiger charge is 2.23. The Morgan fingerprint density at radius 2 is 1.49 bits per heavy atom. The van der Waals surface area contributed by atoms with Crippen LogP contribution in [0.4, 0.5) is 0 Å². The van der Waals surface area contributed by atoms with Crippen molar-refractivity contribution in [1.29, 1.82) is 0 Å². The summed E-state index contributed by atoms with van der Waals surface area (Å²) in [6.07, 6.45) is 13.0. The normalized spacial score (nSPS) is 18.3. The van der Waals surface area contributed by atoms with E-state index in [1.54, 1.807) is 0 Å². The second-order valence-electron chi connectivity index (χ2n) is 10.9. The maximum absolute atomic E-state index is 12.9. The zero-order chi connectivity index (χ0) is 25.9. The van der Waals surface area contributed by atoms with Gasteiger partial charge in [-0.3, -0.25) is 4.79 Å². The number of carbonyl (C=O) groups is 1. The van der Waals surface area contributed by atoms with E-state index in [2.05, 4.69) is 74.5 Å². The van der Waals surface area contributed by atoms with Gasteiger partial charge in [-0.25, -0.2) is 0 Å². The molecule has 2 nitrogen and oxygen atoms in total. The quantitative estimate of drug-likeness (QED) is 0.184.